The quantitative estimate of drug-likeness (QED) is 0.154. The van der Waals surface area contributed by atoms with Gasteiger partial charge in [-0.2, -0.15) is 14.8 Å². The first kappa shape index (κ1) is 27.7. The summed E-state index contributed by atoms with van der Waals surface area (Å²) in [6, 6.07) is 20.4. The van der Waals surface area contributed by atoms with Crippen LogP contribution in [0.2, 0.25) is 0 Å². The van der Waals surface area contributed by atoms with Crippen molar-refractivity contribution >= 4 is 22.9 Å². The third-order valence-electron chi connectivity index (χ3n) is 7.21. The van der Waals surface area contributed by atoms with Crippen molar-refractivity contribution in [3.05, 3.63) is 83.9 Å². The monoisotopic (exact) mass is 572 g/mol. The molecule has 3 aromatic heterocycles. The van der Waals surface area contributed by atoms with Gasteiger partial charge in [0.25, 0.3) is 0 Å². The summed E-state index contributed by atoms with van der Waals surface area (Å²) >= 11 is 0. The highest BCUT2D eigenvalue weighted by Gasteiger charge is 2.47. The summed E-state index contributed by atoms with van der Waals surface area (Å²) in [4.78, 5) is 15.2. The number of tetrazole rings is 1. The van der Waals surface area contributed by atoms with Crippen LogP contribution in [-0.2, 0) is 11.3 Å². The minimum Gasteiger partial charge on any atom is -0.395 e. The molecule has 0 aliphatic carbocycles. The summed E-state index contributed by atoms with van der Waals surface area (Å²) < 4.78 is 7.61. The molecule has 5 aromatic rings. The first-order valence-corrected chi connectivity index (χ1v) is 13.8. The Morgan fingerprint density at radius 3 is 2.31 bits per heavy atom. The van der Waals surface area contributed by atoms with E-state index < -0.39 is 24.5 Å². The van der Waals surface area contributed by atoms with E-state index in [4.69, 9.17) is 4.74 Å². The molecule has 1 aliphatic rings. The zero-order valence-electron chi connectivity index (χ0n) is 22.9. The molecule has 0 spiro atoms. The van der Waals surface area contributed by atoms with E-state index in [2.05, 4.69) is 65.3 Å². The Bertz CT molecular complexity index is 1570. The fourth-order valence-corrected chi connectivity index (χ4v) is 5.08. The SMILES string of the molecule is CCn1nnc([C@H]2O[C@@H](n3cnc4c(NCC(c5ccccc5)c5ccccc5)nc(NCCO)nc43)[C@H](O)[C@@H]2O)n1. The Morgan fingerprint density at radius 1 is 0.952 bits per heavy atom. The van der Waals surface area contributed by atoms with E-state index in [0.29, 0.717) is 30.1 Å². The van der Waals surface area contributed by atoms with Gasteiger partial charge in [-0.1, -0.05) is 60.7 Å². The summed E-state index contributed by atoms with van der Waals surface area (Å²) in [6.45, 7) is 2.99. The number of imidazole rings is 1. The Labute approximate surface area is 241 Å². The third-order valence-corrected chi connectivity index (χ3v) is 7.21. The smallest absolute Gasteiger partial charge is 0.226 e. The van der Waals surface area contributed by atoms with Crippen LogP contribution in [0.1, 0.15) is 42.1 Å². The number of rotatable bonds is 11. The highest BCUT2D eigenvalue weighted by molar-refractivity contribution is 5.84. The minimum absolute atomic E-state index is 0.0216. The Hall–Kier alpha value is -4.50. The lowest BCUT2D eigenvalue weighted by atomic mass is 9.91. The van der Waals surface area contributed by atoms with Gasteiger partial charge in [0.1, 0.15) is 12.2 Å². The summed E-state index contributed by atoms with van der Waals surface area (Å²) in [5, 5.41) is 49.8. The molecule has 2 aromatic carbocycles. The Morgan fingerprint density at radius 2 is 1.67 bits per heavy atom. The average molecular weight is 573 g/mol. The zero-order valence-corrected chi connectivity index (χ0v) is 22.9. The van der Waals surface area contributed by atoms with Gasteiger partial charge < -0.3 is 30.7 Å². The van der Waals surface area contributed by atoms with Crippen LogP contribution in [0.3, 0.4) is 0 Å². The maximum atomic E-state index is 11.0. The number of aliphatic hydroxyl groups excluding tert-OH is 3. The molecule has 0 amide bonds. The average Bonchev–Trinajstić information content (AvgIpc) is 3.75. The molecule has 4 atom stereocenters. The van der Waals surface area contributed by atoms with Crippen molar-refractivity contribution in [2.75, 3.05) is 30.3 Å². The van der Waals surface area contributed by atoms with Crippen LogP contribution >= 0.6 is 0 Å². The first-order valence-electron chi connectivity index (χ1n) is 13.8. The van der Waals surface area contributed by atoms with Crippen LogP contribution in [0, 0.1) is 0 Å². The molecule has 1 saturated heterocycles. The molecule has 14 heteroatoms. The molecule has 1 fully saturated rings. The summed E-state index contributed by atoms with van der Waals surface area (Å²) in [7, 11) is 0. The molecule has 42 heavy (non-hydrogen) atoms. The van der Waals surface area contributed by atoms with Crippen LogP contribution in [0.15, 0.2) is 67.0 Å². The van der Waals surface area contributed by atoms with Gasteiger partial charge in [0.15, 0.2) is 29.3 Å². The number of aryl methyl sites for hydroxylation is 1. The standard InChI is InChI=1S/C28H32N10O4/c1-2-38-35-25(34-36-38)23-21(40)22(41)27(42-23)37-16-31-20-24(32-28(29-13-14-39)33-26(20)37)30-15-19(17-9-5-3-6-10-17)18-11-7-4-8-12-18/h3-12,16,19,21-23,27,39-41H,2,13-15H2,1H3,(H2,29,30,32,33)/t21-,22+,23-,27+/m0/s1. The first-order chi connectivity index (χ1) is 20.6. The third kappa shape index (κ3) is 5.39. The number of hydrogen-bond donors (Lipinski definition) is 5. The van der Waals surface area contributed by atoms with Crippen LogP contribution in [0.4, 0.5) is 11.8 Å². The molecule has 14 nitrogen and oxygen atoms in total. The largest absolute Gasteiger partial charge is 0.395 e. The molecule has 6 rings (SSSR count). The maximum absolute atomic E-state index is 11.0. The van der Waals surface area contributed by atoms with Crippen molar-refractivity contribution < 1.29 is 20.1 Å². The van der Waals surface area contributed by atoms with Crippen LogP contribution in [-0.4, -0.2) is 87.0 Å². The number of ether oxygens (including phenoxy) is 1. The number of aliphatic hydroxyl groups is 3. The summed E-state index contributed by atoms with van der Waals surface area (Å²) in [5.74, 6) is 0.917. The number of nitrogens with zero attached hydrogens (tertiary/aromatic N) is 8. The fourth-order valence-electron chi connectivity index (χ4n) is 5.08. The molecular formula is C28H32N10O4. The van der Waals surface area contributed by atoms with E-state index in [0.717, 1.165) is 11.1 Å². The molecule has 0 saturated carbocycles. The van der Waals surface area contributed by atoms with Crippen molar-refractivity contribution in [2.45, 2.75) is 43.9 Å². The predicted molar refractivity (Wildman–Crippen MR) is 152 cm³/mol. The lowest BCUT2D eigenvalue weighted by Crippen LogP contribution is -2.29. The van der Waals surface area contributed by atoms with Crippen molar-refractivity contribution in [2.24, 2.45) is 0 Å². The van der Waals surface area contributed by atoms with Crippen LogP contribution in [0.5, 0.6) is 0 Å². The molecule has 0 bridgehead atoms. The zero-order chi connectivity index (χ0) is 29.1. The van der Waals surface area contributed by atoms with Gasteiger partial charge >= 0.3 is 0 Å². The van der Waals surface area contributed by atoms with Gasteiger partial charge in [-0.15, -0.1) is 10.2 Å². The summed E-state index contributed by atoms with van der Waals surface area (Å²) in [6.07, 6.45) is -3.15. The van der Waals surface area contributed by atoms with E-state index in [1.165, 1.54) is 11.1 Å². The molecule has 218 valence electrons. The van der Waals surface area contributed by atoms with Crippen molar-refractivity contribution in [1.82, 2.24) is 39.7 Å². The van der Waals surface area contributed by atoms with E-state index >= 15 is 0 Å². The lowest BCUT2D eigenvalue weighted by molar-refractivity contribution is -0.0384. The number of fused-ring (bicyclic) bond motifs is 1. The molecular weight excluding hydrogens is 540 g/mol. The molecule has 5 N–H and O–H groups in total. The van der Waals surface area contributed by atoms with Gasteiger partial charge in [0, 0.05) is 19.0 Å². The van der Waals surface area contributed by atoms with Gasteiger partial charge in [-0.05, 0) is 23.3 Å². The summed E-state index contributed by atoms with van der Waals surface area (Å²) in [5.41, 5.74) is 3.10. The van der Waals surface area contributed by atoms with E-state index in [9.17, 15) is 15.3 Å². The second kappa shape index (κ2) is 12.2. The Balaban J connectivity index is 1.33. The maximum Gasteiger partial charge on any atom is 0.226 e. The molecule has 0 unspecified atom stereocenters. The second-order valence-corrected chi connectivity index (χ2v) is 9.89. The van der Waals surface area contributed by atoms with Gasteiger partial charge in [0.2, 0.25) is 11.8 Å². The molecule has 0 radical (unpaired) electrons. The van der Waals surface area contributed by atoms with Crippen LogP contribution in [0.25, 0.3) is 11.2 Å². The van der Waals surface area contributed by atoms with Gasteiger partial charge in [0.05, 0.1) is 19.5 Å². The predicted octanol–water partition coefficient (Wildman–Crippen LogP) is 1.47. The van der Waals surface area contributed by atoms with Gasteiger partial charge in [-0.25, -0.2) is 4.98 Å². The van der Waals surface area contributed by atoms with E-state index in [1.807, 2.05) is 43.3 Å². The van der Waals surface area contributed by atoms with Crippen molar-refractivity contribution in [3.63, 3.8) is 0 Å². The number of aromatic nitrogens is 8. The number of hydrogen-bond acceptors (Lipinski definition) is 12. The molecule has 4 heterocycles. The molecule has 1 aliphatic heterocycles. The number of nitrogens with one attached hydrogen (secondary N) is 2. The minimum atomic E-state index is -1.32. The lowest BCUT2D eigenvalue weighted by Gasteiger charge is -2.20. The normalized spacial score (nSPS) is 20.4. The van der Waals surface area contributed by atoms with Crippen molar-refractivity contribution in [3.8, 4) is 0 Å². The number of benzene rings is 2. The highest BCUT2D eigenvalue weighted by Crippen LogP contribution is 2.39. The van der Waals surface area contributed by atoms with Crippen LogP contribution < -0.4 is 10.6 Å². The van der Waals surface area contributed by atoms with Crippen molar-refractivity contribution in [1.29, 1.82) is 0 Å². The van der Waals surface area contributed by atoms with E-state index in [1.54, 1.807) is 4.57 Å². The Kier molecular flexibility index (Phi) is 8.01. The second-order valence-electron chi connectivity index (χ2n) is 9.89. The van der Waals surface area contributed by atoms with E-state index in [-0.39, 0.29) is 30.8 Å². The highest BCUT2D eigenvalue weighted by atomic mass is 16.6. The van der Waals surface area contributed by atoms with Gasteiger partial charge in [-0.3, -0.25) is 4.57 Å². The fraction of sp³-hybridized carbons (Fsp3) is 0.357. The number of anilines is 2. The topological polar surface area (TPSA) is 181 Å².